The first-order chi connectivity index (χ1) is 21.7. The summed E-state index contributed by atoms with van der Waals surface area (Å²) in [6.45, 7) is 0.959. The number of aromatic nitrogens is 6. The molecular formula is C29H24N8O6S2. The van der Waals surface area contributed by atoms with Crippen molar-refractivity contribution in [3.63, 3.8) is 0 Å². The Hall–Kier alpha value is -5.19. The molecule has 2 atom stereocenters. The molecule has 0 aromatic carbocycles. The number of thiazole rings is 2. The van der Waals surface area contributed by atoms with Crippen LogP contribution >= 0.6 is 22.7 Å². The van der Waals surface area contributed by atoms with Crippen LogP contribution in [0.3, 0.4) is 0 Å². The molecule has 7 rings (SSSR count). The SMILES string of the molecule is CO[C@H]1CN(c2ccc3c(=O)c(C(=O)O)cn(-c4nccs4)c3n2)CC1N(C)c1ccc2c(=O)c(O)cn(-c3nccs3)c2n1. The molecule has 1 aliphatic rings. The van der Waals surface area contributed by atoms with Gasteiger partial charge in [-0.3, -0.25) is 18.7 Å². The van der Waals surface area contributed by atoms with Crippen LogP contribution in [0.5, 0.6) is 5.75 Å². The molecule has 7 heterocycles. The van der Waals surface area contributed by atoms with Crippen molar-refractivity contribution in [1.29, 1.82) is 0 Å². The van der Waals surface area contributed by atoms with Gasteiger partial charge in [-0.05, 0) is 24.3 Å². The fourth-order valence-corrected chi connectivity index (χ4v) is 6.81. The molecule has 0 spiro atoms. The first-order valence-electron chi connectivity index (χ1n) is 13.6. The molecule has 1 fully saturated rings. The molecule has 1 saturated heterocycles. The molecule has 1 unspecified atom stereocenters. The van der Waals surface area contributed by atoms with E-state index in [0.717, 1.165) is 0 Å². The van der Waals surface area contributed by atoms with Gasteiger partial charge in [0.1, 0.15) is 17.2 Å². The van der Waals surface area contributed by atoms with Gasteiger partial charge in [0.05, 0.1) is 29.1 Å². The minimum Gasteiger partial charge on any atom is -0.503 e. The van der Waals surface area contributed by atoms with Crippen LogP contribution in [0.2, 0.25) is 0 Å². The molecule has 1 aliphatic heterocycles. The number of hydrogen-bond acceptors (Lipinski definition) is 13. The number of carboxylic acids is 1. The summed E-state index contributed by atoms with van der Waals surface area (Å²) in [5, 5.41) is 24.9. The molecule has 0 aliphatic carbocycles. The Bertz CT molecular complexity index is 2200. The number of carboxylic acid groups (broad SMARTS) is 1. The number of likely N-dealkylation sites (N-methyl/N-ethyl adjacent to an activating group) is 1. The number of nitrogens with zero attached hydrogens (tertiary/aromatic N) is 8. The molecule has 0 bridgehead atoms. The second-order valence-electron chi connectivity index (χ2n) is 10.3. The van der Waals surface area contributed by atoms with Crippen LogP contribution in [-0.2, 0) is 4.74 Å². The molecular weight excluding hydrogens is 621 g/mol. The molecule has 0 saturated carbocycles. The van der Waals surface area contributed by atoms with E-state index < -0.39 is 22.6 Å². The van der Waals surface area contributed by atoms with Crippen LogP contribution in [0.25, 0.3) is 32.3 Å². The van der Waals surface area contributed by atoms with E-state index in [1.807, 2.05) is 16.8 Å². The number of ether oxygens (including phenoxy) is 1. The summed E-state index contributed by atoms with van der Waals surface area (Å²) in [5.74, 6) is -0.564. The second-order valence-corrected chi connectivity index (χ2v) is 12.1. The number of anilines is 2. The van der Waals surface area contributed by atoms with Gasteiger partial charge in [-0.25, -0.2) is 24.7 Å². The largest absolute Gasteiger partial charge is 0.503 e. The van der Waals surface area contributed by atoms with E-state index in [9.17, 15) is 24.6 Å². The lowest BCUT2D eigenvalue weighted by atomic mass is 10.2. The zero-order valence-corrected chi connectivity index (χ0v) is 25.4. The molecule has 14 nitrogen and oxygen atoms in total. The number of carbonyl (C=O) groups is 1. The van der Waals surface area contributed by atoms with E-state index in [2.05, 4.69) is 9.97 Å². The number of pyridine rings is 4. The average Bonchev–Trinajstić information content (AvgIpc) is 3.85. The summed E-state index contributed by atoms with van der Waals surface area (Å²) in [5.41, 5.74) is -0.853. The van der Waals surface area contributed by atoms with Gasteiger partial charge in [0.2, 0.25) is 10.9 Å². The van der Waals surface area contributed by atoms with E-state index in [0.29, 0.717) is 46.3 Å². The molecule has 0 amide bonds. The second kappa shape index (κ2) is 11.1. The minimum absolute atomic E-state index is 0.169. The molecule has 6 aromatic heterocycles. The van der Waals surface area contributed by atoms with Crippen molar-refractivity contribution < 1.29 is 19.7 Å². The van der Waals surface area contributed by atoms with Crippen molar-refractivity contribution >= 4 is 62.3 Å². The average molecular weight is 645 g/mol. The Morgan fingerprint density at radius 2 is 1.58 bits per heavy atom. The van der Waals surface area contributed by atoms with Crippen LogP contribution in [0, 0.1) is 0 Å². The summed E-state index contributed by atoms with van der Waals surface area (Å²) in [7, 11) is 3.52. The van der Waals surface area contributed by atoms with E-state index in [-0.39, 0.29) is 28.5 Å². The van der Waals surface area contributed by atoms with Crippen LogP contribution in [0.15, 0.2) is 69.4 Å². The van der Waals surface area contributed by atoms with E-state index in [4.69, 9.17) is 14.7 Å². The lowest BCUT2D eigenvalue weighted by molar-refractivity contribution is 0.0695. The van der Waals surface area contributed by atoms with Crippen molar-refractivity contribution in [2.45, 2.75) is 12.1 Å². The minimum atomic E-state index is -1.33. The first-order valence-corrected chi connectivity index (χ1v) is 15.4. The highest BCUT2D eigenvalue weighted by Crippen LogP contribution is 2.29. The summed E-state index contributed by atoms with van der Waals surface area (Å²) < 4.78 is 9.02. The predicted molar refractivity (Wildman–Crippen MR) is 170 cm³/mol. The van der Waals surface area contributed by atoms with E-state index in [1.165, 1.54) is 39.6 Å². The lowest BCUT2D eigenvalue weighted by Crippen LogP contribution is -2.42. The first kappa shape index (κ1) is 28.6. The van der Waals surface area contributed by atoms with Gasteiger partial charge in [-0.15, -0.1) is 22.7 Å². The third-order valence-corrected chi connectivity index (χ3v) is 9.40. The Labute approximate surface area is 261 Å². The van der Waals surface area contributed by atoms with Crippen molar-refractivity contribution in [1.82, 2.24) is 29.1 Å². The van der Waals surface area contributed by atoms with Crippen molar-refractivity contribution in [2.24, 2.45) is 0 Å². The molecule has 45 heavy (non-hydrogen) atoms. The van der Waals surface area contributed by atoms with Gasteiger partial charge in [0.15, 0.2) is 27.3 Å². The molecule has 0 radical (unpaired) electrons. The maximum Gasteiger partial charge on any atom is 0.341 e. The molecule has 16 heteroatoms. The van der Waals surface area contributed by atoms with Gasteiger partial charge in [-0.2, -0.15) is 0 Å². The third-order valence-electron chi connectivity index (χ3n) is 7.86. The van der Waals surface area contributed by atoms with Crippen LogP contribution in [0.1, 0.15) is 10.4 Å². The quantitative estimate of drug-likeness (QED) is 0.261. The van der Waals surface area contributed by atoms with Crippen LogP contribution < -0.4 is 20.7 Å². The summed E-state index contributed by atoms with van der Waals surface area (Å²) in [4.78, 5) is 59.8. The predicted octanol–water partition coefficient (Wildman–Crippen LogP) is 2.74. The lowest BCUT2D eigenvalue weighted by Gasteiger charge is -2.29. The fourth-order valence-electron chi connectivity index (χ4n) is 5.58. The van der Waals surface area contributed by atoms with E-state index >= 15 is 0 Å². The van der Waals surface area contributed by atoms with Gasteiger partial charge < -0.3 is 24.7 Å². The summed E-state index contributed by atoms with van der Waals surface area (Å²) in [6.07, 6.45) is 5.55. The normalized spacial score (nSPS) is 16.5. The highest BCUT2D eigenvalue weighted by Gasteiger charge is 2.37. The Kier molecular flexibility index (Phi) is 7.03. The number of aromatic carboxylic acids is 1. The molecule has 2 N–H and O–H groups in total. The van der Waals surface area contributed by atoms with Gasteiger partial charge in [0, 0.05) is 56.6 Å². The molecule has 228 valence electrons. The maximum absolute atomic E-state index is 13.0. The van der Waals surface area contributed by atoms with Gasteiger partial charge in [0.25, 0.3) is 0 Å². The highest BCUT2D eigenvalue weighted by molar-refractivity contribution is 7.12. The van der Waals surface area contributed by atoms with Crippen LogP contribution in [0.4, 0.5) is 11.6 Å². The fraction of sp³-hybridized carbons (Fsp3) is 0.207. The number of aromatic hydroxyl groups is 1. The van der Waals surface area contributed by atoms with Gasteiger partial charge >= 0.3 is 5.97 Å². The number of hydrogen-bond donors (Lipinski definition) is 2. The number of methoxy groups -OCH3 is 1. The van der Waals surface area contributed by atoms with Crippen molar-refractivity contribution in [3.05, 3.63) is 85.8 Å². The van der Waals surface area contributed by atoms with Crippen molar-refractivity contribution in [3.8, 4) is 16.0 Å². The Balaban J connectivity index is 1.26. The van der Waals surface area contributed by atoms with Gasteiger partial charge in [-0.1, -0.05) is 0 Å². The number of rotatable bonds is 7. The monoisotopic (exact) mass is 644 g/mol. The summed E-state index contributed by atoms with van der Waals surface area (Å²) >= 11 is 2.64. The van der Waals surface area contributed by atoms with Crippen LogP contribution in [-0.4, -0.2) is 84.6 Å². The zero-order valence-electron chi connectivity index (χ0n) is 23.8. The zero-order chi connectivity index (χ0) is 31.4. The standard InChI is InChI=1S/C29H24N8O6S2/c1-34(21-5-3-16-24(40)19(38)13-37(26(16)32-21)29-31-8-10-45-29)18-12-35(14-20(18)43-2)22-6-4-15-23(39)17(27(41)42)11-36(25(15)33-22)28-30-7-9-44-28/h3-11,13,18,20,38H,12,14H2,1-2H3,(H,41,42)/t18?,20-/m0/s1. The topological polar surface area (TPSA) is 169 Å². The third kappa shape index (κ3) is 4.79. The Morgan fingerprint density at radius 3 is 2.22 bits per heavy atom. The van der Waals surface area contributed by atoms with E-state index in [1.54, 1.807) is 59.1 Å². The Morgan fingerprint density at radius 1 is 0.933 bits per heavy atom. The smallest absolute Gasteiger partial charge is 0.341 e. The van der Waals surface area contributed by atoms with Crippen molar-refractivity contribution in [2.75, 3.05) is 37.0 Å². The highest BCUT2D eigenvalue weighted by atomic mass is 32.1. The molecule has 6 aromatic rings. The maximum atomic E-state index is 13.0. The number of fused-ring (bicyclic) bond motifs is 2. The summed E-state index contributed by atoms with van der Waals surface area (Å²) in [6, 6.07) is 6.47.